The Morgan fingerprint density at radius 2 is 1.87 bits per heavy atom. The standard InChI is InChI=1S/C20H17ClNO/c1-14(13-23)19-5-3-2-4-15(19)7-10-18-11-8-16-6-9-17(21)12-20(16)22-18/h2-12,14,23H,1,13H2. The SMILES string of the molecule is [CH2]C(CO)c1ccccc1C=Cc1ccc2ccc(Cl)cc2n1. The molecule has 0 spiro atoms. The van der Waals surface area contributed by atoms with Gasteiger partial charge in [-0.2, -0.15) is 0 Å². The topological polar surface area (TPSA) is 33.1 Å². The smallest absolute Gasteiger partial charge is 0.0724 e. The van der Waals surface area contributed by atoms with Gasteiger partial charge in [-0.25, -0.2) is 4.98 Å². The molecule has 1 atom stereocenters. The van der Waals surface area contributed by atoms with Gasteiger partial charge in [0.1, 0.15) is 0 Å². The molecule has 115 valence electrons. The van der Waals surface area contributed by atoms with Crippen molar-refractivity contribution in [3.63, 3.8) is 0 Å². The van der Waals surface area contributed by atoms with Gasteiger partial charge in [-0.1, -0.05) is 54.1 Å². The quantitative estimate of drug-likeness (QED) is 0.735. The van der Waals surface area contributed by atoms with Crippen LogP contribution in [0, 0.1) is 6.92 Å². The normalized spacial score (nSPS) is 12.8. The van der Waals surface area contributed by atoms with Crippen molar-refractivity contribution in [3.8, 4) is 0 Å². The first-order chi connectivity index (χ1) is 11.2. The molecule has 3 rings (SSSR count). The molecule has 1 unspecified atom stereocenters. The zero-order chi connectivity index (χ0) is 16.2. The molecular weight excluding hydrogens is 306 g/mol. The molecule has 1 aromatic heterocycles. The molecule has 2 nitrogen and oxygen atoms in total. The van der Waals surface area contributed by atoms with Gasteiger partial charge < -0.3 is 5.11 Å². The lowest BCUT2D eigenvalue weighted by Crippen LogP contribution is -2.01. The van der Waals surface area contributed by atoms with Crippen molar-refractivity contribution in [1.82, 2.24) is 4.98 Å². The van der Waals surface area contributed by atoms with Crippen LogP contribution in [0.2, 0.25) is 5.02 Å². The predicted octanol–water partition coefficient (Wildman–Crippen LogP) is 4.97. The molecule has 1 radical (unpaired) electrons. The van der Waals surface area contributed by atoms with Crippen molar-refractivity contribution in [2.45, 2.75) is 5.92 Å². The monoisotopic (exact) mass is 322 g/mol. The first-order valence-corrected chi connectivity index (χ1v) is 7.82. The Labute approximate surface area is 141 Å². The summed E-state index contributed by atoms with van der Waals surface area (Å²) in [5.74, 6) is -0.140. The molecule has 2 aromatic carbocycles. The van der Waals surface area contributed by atoms with E-state index in [1.807, 2.05) is 66.7 Å². The van der Waals surface area contributed by atoms with Crippen molar-refractivity contribution in [2.75, 3.05) is 6.61 Å². The number of aromatic nitrogens is 1. The van der Waals surface area contributed by atoms with Gasteiger partial charge >= 0.3 is 0 Å². The highest BCUT2D eigenvalue weighted by molar-refractivity contribution is 6.31. The lowest BCUT2D eigenvalue weighted by molar-refractivity contribution is 0.282. The highest BCUT2D eigenvalue weighted by Gasteiger charge is 2.07. The molecule has 23 heavy (non-hydrogen) atoms. The number of hydrogen-bond acceptors (Lipinski definition) is 2. The number of nitrogens with zero attached hydrogens (tertiary/aromatic N) is 1. The summed E-state index contributed by atoms with van der Waals surface area (Å²) >= 11 is 6.03. The van der Waals surface area contributed by atoms with E-state index < -0.39 is 0 Å². The molecule has 0 fully saturated rings. The Morgan fingerprint density at radius 3 is 2.70 bits per heavy atom. The largest absolute Gasteiger partial charge is 0.396 e. The van der Waals surface area contributed by atoms with E-state index in [0.29, 0.717) is 5.02 Å². The minimum absolute atomic E-state index is 0.0254. The van der Waals surface area contributed by atoms with Gasteiger partial charge in [0.25, 0.3) is 0 Å². The van der Waals surface area contributed by atoms with Crippen molar-refractivity contribution < 1.29 is 5.11 Å². The third-order valence-corrected chi connectivity index (χ3v) is 4.00. The summed E-state index contributed by atoms with van der Waals surface area (Å²) in [6.07, 6.45) is 3.96. The predicted molar refractivity (Wildman–Crippen MR) is 97.3 cm³/mol. The fraction of sp³-hybridized carbons (Fsp3) is 0.100. The molecule has 1 heterocycles. The average molecular weight is 323 g/mol. The summed E-state index contributed by atoms with van der Waals surface area (Å²) in [6.45, 7) is 4.00. The molecule has 0 saturated carbocycles. The molecule has 1 N–H and O–H groups in total. The second kappa shape index (κ2) is 6.95. The van der Waals surface area contributed by atoms with E-state index >= 15 is 0 Å². The maximum atomic E-state index is 9.33. The van der Waals surface area contributed by atoms with Crippen LogP contribution in [0.3, 0.4) is 0 Å². The van der Waals surface area contributed by atoms with E-state index in [4.69, 9.17) is 11.6 Å². The highest BCUT2D eigenvalue weighted by Crippen LogP contribution is 2.22. The van der Waals surface area contributed by atoms with Crippen LogP contribution in [-0.4, -0.2) is 16.7 Å². The third kappa shape index (κ3) is 3.61. The highest BCUT2D eigenvalue weighted by atomic mass is 35.5. The number of benzene rings is 2. The Bertz CT molecular complexity index is 857. The lowest BCUT2D eigenvalue weighted by Gasteiger charge is -2.11. The van der Waals surface area contributed by atoms with Crippen molar-refractivity contribution >= 4 is 34.7 Å². The van der Waals surface area contributed by atoms with Crippen LogP contribution in [0.5, 0.6) is 0 Å². The van der Waals surface area contributed by atoms with Crippen LogP contribution in [0.25, 0.3) is 23.1 Å². The van der Waals surface area contributed by atoms with E-state index in [1.165, 1.54) is 0 Å². The van der Waals surface area contributed by atoms with Crippen LogP contribution in [0.15, 0.2) is 54.6 Å². The van der Waals surface area contributed by atoms with E-state index in [0.717, 1.165) is 27.7 Å². The van der Waals surface area contributed by atoms with E-state index in [9.17, 15) is 5.11 Å². The molecule has 3 heteroatoms. The Kier molecular flexibility index (Phi) is 4.75. The number of hydrogen-bond donors (Lipinski definition) is 1. The van der Waals surface area contributed by atoms with Gasteiger partial charge in [0.05, 0.1) is 11.2 Å². The molecule has 0 saturated heterocycles. The van der Waals surface area contributed by atoms with Crippen molar-refractivity contribution in [2.24, 2.45) is 0 Å². The van der Waals surface area contributed by atoms with Gasteiger partial charge in [-0.15, -0.1) is 0 Å². The van der Waals surface area contributed by atoms with Gasteiger partial charge in [0.15, 0.2) is 0 Å². The summed E-state index contributed by atoms with van der Waals surface area (Å²) in [6, 6.07) is 17.6. The minimum atomic E-state index is -0.140. The first kappa shape index (κ1) is 15.7. The number of rotatable bonds is 4. The van der Waals surface area contributed by atoms with Crippen LogP contribution in [0.1, 0.15) is 22.7 Å². The summed E-state index contributed by atoms with van der Waals surface area (Å²) < 4.78 is 0. The lowest BCUT2D eigenvalue weighted by atomic mass is 9.96. The van der Waals surface area contributed by atoms with Crippen LogP contribution < -0.4 is 0 Å². The van der Waals surface area contributed by atoms with Crippen molar-refractivity contribution in [3.05, 3.63) is 83.4 Å². The summed E-state index contributed by atoms with van der Waals surface area (Å²) in [7, 11) is 0. The Morgan fingerprint density at radius 1 is 1.09 bits per heavy atom. The zero-order valence-corrected chi connectivity index (χ0v) is 13.4. The van der Waals surface area contributed by atoms with Gasteiger partial charge in [-0.3, -0.25) is 0 Å². The second-order valence-electron chi connectivity index (χ2n) is 5.41. The minimum Gasteiger partial charge on any atom is -0.396 e. The molecule has 0 aliphatic heterocycles. The van der Waals surface area contributed by atoms with Gasteiger partial charge in [-0.05, 0) is 42.3 Å². The summed E-state index contributed by atoms with van der Waals surface area (Å²) in [5, 5.41) is 11.1. The third-order valence-electron chi connectivity index (χ3n) is 3.77. The molecule has 0 aliphatic rings. The second-order valence-corrected chi connectivity index (χ2v) is 5.85. The number of aliphatic hydroxyl groups excluding tert-OH is 1. The van der Waals surface area contributed by atoms with Gasteiger partial charge in [0, 0.05) is 22.9 Å². The molecule has 0 aliphatic carbocycles. The van der Waals surface area contributed by atoms with Crippen molar-refractivity contribution in [1.29, 1.82) is 0 Å². The first-order valence-electron chi connectivity index (χ1n) is 7.44. The van der Waals surface area contributed by atoms with Crippen LogP contribution in [-0.2, 0) is 0 Å². The maximum Gasteiger partial charge on any atom is 0.0724 e. The van der Waals surface area contributed by atoms with Gasteiger partial charge in [0.2, 0.25) is 0 Å². The molecule has 0 bridgehead atoms. The number of halogens is 1. The number of fused-ring (bicyclic) bond motifs is 1. The average Bonchev–Trinajstić information content (AvgIpc) is 2.59. The molecular formula is C20H17ClNO. The number of pyridine rings is 1. The zero-order valence-electron chi connectivity index (χ0n) is 12.6. The summed E-state index contributed by atoms with van der Waals surface area (Å²) in [5.41, 5.74) is 3.79. The molecule has 0 amide bonds. The Hall–Kier alpha value is -2.16. The van der Waals surface area contributed by atoms with E-state index in [-0.39, 0.29) is 12.5 Å². The van der Waals surface area contributed by atoms with E-state index in [2.05, 4.69) is 11.9 Å². The Balaban J connectivity index is 1.94. The maximum absolute atomic E-state index is 9.33. The fourth-order valence-electron chi connectivity index (χ4n) is 2.51. The molecule has 3 aromatic rings. The van der Waals surface area contributed by atoms with Crippen LogP contribution >= 0.6 is 11.6 Å². The summed E-state index contributed by atoms with van der Waals surface area (Å²) in [4.78, 5) is 4.61. The van der Waals surface area contributed by atoms with Crippen LogP contribution in [0.4, 0.5) is 0 Å². The number of aliphatic hydroxyl groups is 1. The van der Waals surface area contributed by atoms with E-state index in [1.54, 1.807) is 0 Å². The fourth-order valence-corrected chi connectivity index (χ4v) is 2.67.